The molecular weight excluding hydrogens is 444 g/mol. The molecule has 0 aliphatic rings. The Balaban J connectivity index is 0.00000338. The fourth-order valence-corrected chi connectivity index (χ4v) is 2.74. The van der Waals surface area contributed by atoms with E-state index in [0.717, 1.165) is 24.1 Å². The number of rotatable bonds is 7. The second-order valence-electron chi connectivity index (χ2n) is 5.84. The minimum Gasteiger partial charge on any atom is -0.380 e. The molecule has 2 rings (SSSR count). The van der Waals surface area contributed by atoms with Gasteiger partial charge >= 0.3 is 0 Å². The summed E-state index contributed by atoms with van der Waals surface area (Å²) in [4.78, 5) is 4.39. The summed E-state index contributed by atoms with van der Waals surface area (Å²) in [5.74, 6) is 0.0818. The number of hydrogen-bond donors (Lipinski definition) is 2. The lowest BCUT2D eigenvalue weighted by Crippen LogP contribution is -2.24. The summed E-state index contributed by atoms with van der Waals surface area (Å²) in [6, 6.07) is 11.1. The molecule has 4 nitrogen and oxygen atoms in total. The minimum absolute atomic E-state index is 0. The van der Waals surface area contributed by atoms with Gasteiger partial charge in [0.15, 0.2) is 5.96 Å². The number of hydrogen-bond acceptors (Lipinski definition) is 2. The number of nitrogens with one attached hydrogen (secondary N) is 1. The number of halogens is 2. The predicted octanol–water partition coefficient (Wildman–Crippen LogP) is 4.64. The number of methoxy groups -OCH3 is 1. The molecule has 0 saturated heterocycles. The zero-order valence-corrected chi connectivity index (χ0v) is 17.8. The van der Waals surface area contributed by atoms with Gasteiger partial charge in [-0.2, -0.15) is 0 Å². The van der Waals surface area contributed by atoms with Crippen LogP contribution in [-0.4, -0.2) is 13.1 Å². The van der Waals surface area contributed by atoms with Gasteiger partial charge in [0.25, 0.3) is 0 Å². The molecule has 0 heterocycles. The van der Waals surface area contributed by atoms with E-state index in [4.69, 9.17) is 10.5 Å². The Kier molecular flexibility index (Phi) is 9.58. The molecule has 0 bridgehead atoms. The Labute approximate surface area is 172 Å². The van der Waals surface area contributed by atoms with Crippen LogP contribution in [0.1, 0.15) is 36.1 Å². The molecular formula is C20H27FIN3O. The zero-order chi connectivity index (χ0) is 18.2. The second-order valence-corrected chi connectivity index (χ2v) is 5.84. The number of ether oxygens (including phenoxy) is 1. The Morgan fingerprint density at radius 1 is 1.12 bits per heavy atom. The molecule has 0 amide bonds. The fraction of sp³-hybridized carbons (Fsp3) is 0.350. The molecule has 3 N–H and O–H groups in total. The van der Waals surface area contributed by atoms with Crippen LogP contribution in [0.2, 0.25) is 0 Å². The van der Waals surface area contributed by atoms with Gasteiger partial charge in [-0.3, -0.25) is 0 Å². The number of benzene rings is 2. The highest BCUT2D eigenvalue weighted by Gasteiger charge is 2.07. The molecule has 6 heteroatoms. The number of nitrogens with two attached hydrogens (primary N) is 1. The van der Waals surface area contributed by atoms with Crippen LogP contribution in [0.25, 0.3) is 0 Å². The molecule has 0 radical (unpaired) electrons. The van der Waals surface area contributed by atoms with Crippen molar-refractivity contribution in [1.29, 1.82) is 0 Å². The van der Waals surface area contributed by atoms with E-state index < -0.39 is 0 Å². The summed E-state index contributed by atoms with van der Waals surface area (Å²) in [6.45, 7) is 4.85. The van der Waals surface area contributed by atoms with Gasteiger partial charge in [-0.25, -0.2) is 9.38 Å². The summed E-state index contributed by atoms with van der Waals surface area (Å²) in [5.41, 5.74) is 10.9. The number of nitrogens with zero attached hydrogens (tertiary/aromatic N) is 1. The highest BCUT2D eigenvalue weighted by molar-refractivity contribution is 14.0. The number of aryl methyl sites for hydroxylation is 2. The number of anilines is 1. The Hall–Kier alpha value is -1.67. The maximum Gasteiger partial charge on any atom is 0.193 e. The lowest BCUT2D eigenvalue weighted by molar-refractivity contribution is 0.181. The summed E-state index contributed by atoms with van der Waals surface area (Å²) in [5, 5.41) is 3.23. The summed E-state index contributed by atoms with van der Waals surface area (Å²) < 4.78 is 18.7. The molecule has 2 aromatic rings. The van der Waals surface area contributed by atoms with Gasteiger partial charge in [0.05, 0.1) is 13.2 Å². The van der Waals surface area contributed by atoms with Crippen molar-refractivity contribution in [1.82, 2.24) is 0 Å². The Morgan fingerprint density at radius 2 is 1.77 bits per heavy atom. The van der Waals surface area contributed by atoms with Crippen LogP contribution in [0.15, 0.2) is 41.4 Å². The van der Waals surface area contributed by atoms with Crippen molar-refractivity contribution in [2.45, 2.75) is 39.8 Å². The molecule has 0 spiro atoms. The van der Waals surface area contributed by atoms with Crippen molar-refractivity contribution in [3.05, 3.63) is 64.5 Å². The largest absolute Gasteiger partial charge is 0.380 e. The van der Waals surface area contributed by atoms with Gasteiger partial charge in [-0.1, -0.05) is 38.1 Å². The van der Waals surface area contributed by atoms with Crippen molar-refractivity contribution in [2.75, 3.05) is 12.4 Å². The van der Waals surface area contributed by atoms with Crippen LogP contribution in [0.4, 0.5) is 10.1 Å². The van der Waals surface area contributed by atoms with Crippen LogP contribution >= 0.6 is 24.0 Å². The van der Waals surface area contributed by atoms with Gasteiger partial charge in [0, 0.05) is 18.4 Å². The maximum atomic E-state index is 13.7. The Morgan fingerprint density at radius 3 is 2.35 bits per heavy atom. The van der Waals surface area contributed by atoms with E-state index in [2.05, 4.69) is 42.4 Å². The van der Waals surface area contributed by atoms with E-state index >= 15 is 0 Å². The van der Waals surface area contributed by atoms with Crippen molar-refractivity contribution >= 4 is 35.6 Å². The normalized spacial score (nSPS) is 11.2. The predicted molar refractivity (Wildman–Crippen MR) is 117 cm³/mol. The van der Waals surface area contributed by atoms with E-state index in [0.29, 0.717) is 18.1 Å². The van der Waals surface area contributed by atoms with E-state index in [1.165, 1.54) is 17.2 Å². The average molecular weight is 471 g/mol. The first-order chi connectivity index (χ1) is 12.1. The van der Waals surface area contributed by atoms with Crippen molar-refractivity contribution < 1.29 is 9.13 Å². The molecule has 0 saturated carbocycles. The summed E-state index contributed by atoms with van der Waals surface area (Å²) in [7, 11) is 1.54. The third-order valence-electron chi connectivity index (χ3n) is 4.09. The minimum atomic E-state index is -0.273. The van der Waals surface area contributed by atoms with Crippen LogP contribution in [-0.2, 0) is 30.7 Å². The van der Waals surface area contributed by atoms with Crippen molar-refractivity contribution in [3.8, 4) is 0 Å². The highest BCUT2D eigenvalue weighted by atomic mass is 127. The molecule has 0 fully saturated rings. The summed E-state index contributed by atoms with van der Waals surface area (Å²) in [6.07, 6.45) is 1.84. The van der Waals surface area contributed by atoms with Gasteiger partial charge < -0.3 is 15.8 Å². The molecule has 0 aromatic heterocycles. The molecule has 142 valence electrons. The molecule has 0 atom stereocenters. The summed E-state index contributed by atoms with van der Waals surface area (Å²) >= 11 is 0. The molecule has 26 heavy (non-hydrogen) atoms. The SMILES string of the molecule is CCc1cccc(CC)c1NC(N)=NCc1ccc(F)c(COC)c1.I. The van der Waals surface area contributed by atoms with Crippen LogP contribution in [0, 0.1) is 5.82 Å². The van der Waals surface area contributed by atoms with Crippen LogP contribution in [0.5, 0.6) is 0 Å². The Bertz CT molecular complexity index is 728. The third-order valence-corrected chi connectivity index (χ3v) is 4.09. The van der Waals surface area contributed by atoms with Gasteiger partial charge in [-0.05, 0) is 41.7 Å². The monoisotopic (exact) mass is 471 g/mol. The third kappa shape index (κ3) is 5.95. The van der Waals surface area contributed by atoms with E-state index in [-0.39, 0.29) is 36.4 Å². The molecule has 0 unspecified atom stereocenters. The first-order valence-electron chi connectivity index (χ1n) is 8.52. The van der Waals surface area contributed by atoms with Crippen molar-refractivity contribution in [3.63, 3.8) is 0 Å². The first kappa shape index (κ1) is 22.4. The molecule has 0 aliphatic carbocycles. The standard InChI is InChI=1S/C20H26FN3O.HI/c1-4-15-7-6-8-16(5-2)19(15)24-20(22)23-12-14-9-10-18(21)17(11-14)13-25-3;/h6-11H,4-5,12-13H2,1-3H3,(H3,22,23,24);1H. The first-order valence-corrected chi connectivity index (χ1v) is 8.52. The quantitative estimate of drug-likeness (QED) is 0.352. The fourth-order valence-electron chi connectivity index (χ4n) is 2.74. The van der Waals surface area contributed by atoms with Gasteiger partial charge in [0.2, 0.25) is 0 Å². The van der Waals surface area contributed by atoms with Crippen LogP contribution < -0.4 is 11.1 Å². The van der Waals surface area contributed by atoms with Gasteiger partial charge in [0.1, 0.15) is 5.82 Å². The number of para-hydroxylation sites is 1. The van der Waals surface area contributed by atoms with E-state index in [1.54, 1.807) is 19.2 Å². The average Bonchev–Trinajstić information content (AvgIpc) is 2.62. The van der Waals surface area contributed by atoms with Crippen molar-refractivity contribution in [2.24, 2.45) is 10.7 Å². The molecule has 0 aliphatic heterocycles. The van der Waals surface area contributed by atoms with Crippen LogP contribution in [0.3, 0.4) is 0 Å². The number of aliphatic imine (C=N–C) groups is 1. The lowest BCUT2D eigenvalue weighted by Gasteiger charge is -2.15. The molecule has 2 aromatic carbocycles. The topological polar surface area (TPSA) is 59.6 Å². The van der Waals surface area contributed by atoms with E-state index in [1.807, 2.05) is 0 Å². The van der Waals surface area contributed by atoms with E-state index in [9.17, 15) is 4.39 Å². The zero-order valence-electron chi connectivity index (χ0n) is 15.5. The maximum absolute atomic E-state index is 13.7. The number of guanidine groups is 1. The van der Waals surface area contributed by atoms with Gasteiger partial charge in [-0.15, -0.1) is 24.0 Å². The second kappa shape index (κ2) is 11.1. The highest BCUT2D eigenvalue weighted by Crippen LogP contribution is 2.22. The smallest absolute Gasteiger partial charge is 0.193 e. The lowest BCUT2D eigenvalue weighted by atomic mass is 10.0.